The van der Waals surface area contributed by atoms with E-state index < -0.39 is 0 Å². The van der Waals surface area contributed by atoms with E-state index in [1.807, 2.05) is 0 Å². The first-order chi connectivity index (χ1) is 8.18. The number of hydrogen-bond acceptors (Lipinski definition) is 2. The van der Waals surface area contributed by atoms with Gasteiger partial charge in [-0.05, 0) is 43.9 Å². The van der Waals surface area contributed by atoms with Gasteiger partial charge in [-0.1, -0.05) is 26.7 Å². The molecule has 1 N–H and O–H groups in total. The van der Waals surface area contributed by atoms with Gasteiger partial charge in [0.15, 0.2) is 0 Å². The molecule has 1 aliphatic carbocycles. The molecule has 1 aliphatic heterocycles. The van der Waals surface area contributed by atoms with Gasteiger partial charge in [0.2, 0.25) is 0 Å². The average molecular weight is 239 g/mol. The van der Waals surface area contributed by atoms with Crippen LogP contribution in [0.5, 0.6) is 0 Å². The van der Waals surface area contributed by atoms with Crippen molar-refractivity contribution in [2.75, 3.05) is 13.2 Å². The van der Waals surface area contributed by atoms with E-state index in [4.69, 9.17) is 4.74 Å². The van der Waals surface area contributed by atoms with E-state index >= 15 is 0 Å². The van der Waals surface area contributed by atoms with Crippen molar-refractivity contribution >= 4 is 0 Å². The van der Waals surface area contributed by atoms with Crippen LogP contribution in [0.4, 0.5) is 0 Å². The number of rotatable bonds is 4. The molecule has 2 fully saturated rings. The summed E-state index contributed by atoms with van der Waals surface area (Å²) in [6.45, 7) is 9.05. The van der Waals surface area contributed by atoms with Crippen molar-refractivity contribution in [2.24, 2.45) is 17.8 Å². The molecule has 0 spiro atoms. The molecule has 2 rings (SSSR count). The van der Waals surface area contributed by atoms with Gasteiger partial charge in [0.05, 0.1) is 6.61 Å². The highest BCUT2D eigenvalue weighted by atomic mass is 16.5. The predicted octanol–water partition coefficient (Wildman–Crippen LogP) is 3.22. The summed E-state index contributed by atoms with van der Waals surface area (Å²) in [5, 5.41) is 3.91. The fraction of sp³-hybridized carbons (Fsp3) is 1.00. The Labute approximate surface area is 107 Å². The van der Waals surface area contributed by atoms with Crippen LogP contribution in [0.25, 0.3) is 0 Å². The van der Waals surface area contributed by atoms with Crippen LogP contribution in [-0.2, 0) is 4.74 Å². The molecule has 2 aliphatic rings. The van der Waals surface area contributed by atoms with Crippen LogP contribution in [0, 0.1) is 17.8 Å². The largest absolute Gasteiger partial charge is 0.381 e. The fourth-order valence-corrected chi connectivity index (χ4v) is 3.59. The maximum absolute atomic E-state index is 5.50. The van der Waals surface area contributed by atoms with Crippen LogP contribution < -0.4 is 5.32 Å². The van der Waals surface area contributed by atoms with Crippen molar-refractivity contribution < 1.29 is 4.74 Å². The molecule has 2 nitrogen and oxygen atoms in total. The van der Waals surface area contributed by atoms with Crippen molar-refractivity contribution in [3.05, 3.63) is 0 Å². The van der Waals surface area contributed by atoms with E-state index in [1.165, 1.54) is 32.1 Å². The van der Waals surface area contributed by atoms with Gasteiger partial charge in [-0.25, -0.2) is 0 Å². The van der Waals surface area contributed by atoms with Gasteiger partial charge >= 0.3 is 0 Å². The lowest BCUT2D eigenvalue weighted by Gasteiger charge is -2.38. The van der Waals surface area contributed by atoms with Crippen LogP contribution >= 0.6 is 0 Å². The first-order valence-corrected chi connectivity index (χ1v) is 7.52. The van der Waals surface area contributed by atoms with E-state index in [1.54, 1.807) is 0 Å². The van der Waals surface area contributed by atoms with Crippen LogP contribution in [0.15, 0.2) is 0 Å². The Hall–Kier alpha value is -0.0800. The summed E-state index contributed by atoms with van der Waals surface area (Å²) in [6.07, 6.45) is 6.88. The molecular weight excluding hydrogens is 210 g/mol. The van der Waals surface area contributed by atoms with Gasteiger partial charge in [0.1, 0.15) is 0 Å². The highest BCUT2D eigenvalue weighted by Crippen LogP contribution is 2.31. The number of ether oxygens (including phenoxy) is 1. The summed E-state index contributed by atoms with van der Waals surface area (Å²) in [5.41, 5.74) is 0. The molecule has 1 heterocycles. The second kappa shape index (κ2) is 6.19. The number of hydrogen-bond donors (Lipinski definition) is 1. The molecule has 1 saturated heterocycles. The molecule has 0 radical (unpaired) electrons. The number of nitrogens with one attached hydrogen (secondary N) is 1. The van der Waals surface area contributed by atoms with Crippen LogP contribution in [0.1, 0.15) is 52.9 Å². The van der Waals surface area contributed by atoms with E-state index in [0.29, 0.717) is 6.04 Å². The Morgan fingerprint density at radius 2 is 1.82 bits per heavy atom. The quantitative estimate of drug-likeness (QED) is 0.813. The molecule has 4 unspecified atom stereocenters. The summed E-state index contributed by atoms with van der Waals surface area (Å²) in [5.74, 6) is 2.44. The van der Waals surface area contributed by atoms with Gasteiger partial charge < -0.3 is 10.1 Å². The maximum Gasteiger partial charge on any atom is 0.0509 e. The minimum Gasteiger partial charge on any atom is -0.381 e. The molecule has 4 atom stereocenters. The van der Waals surface area contributed by atoms with Crippen LogP contribution in [-0.4, -0.2) is 25.3 Å². The molecule has 0 aromatic carbocycles. The van der Waals surface area contributed by atoms with E-state index in [0.717, 1.165) is 37.0 Å². The minimum atomic E-state index is 0.627. The molecule has 0 aromatic rings. The molecule has 0 amide bonds. The maximum atomic E-state index is 5.50. The molecule has 1 saturated carbocycles. The first kappa shape index (κ1) is 13.4. The third-order valence-electron chi connectivity index (χ3n) is 4.82. The first-order valence-electron chi connectivity index (χ1n) is 7.52. The SMILES string of the molecule is CC(C)C1CCCCC1NC(C)C1CCOC1. The van der Waals surface area contributed by atoms with Crippen molar-refractivity contribution in [3.8, 4) is 0 Å². The van der Waals surface area contributed by atoms with Crippen LogP contribution in [0.3, 0.4) is 0 Å². The highest BCUT2D eigenvalue weighted by molar-refractivity contribution is 4.87. The Morgan fingerprint density at radius 1 is 1.06 bits per heavy atom. The van der Waals surface area contributed by atoms with E-state index in [2.05, 4.69) is 26.1 Å². The zero-order valence-electron chi connectivity index (χ0n) is 11.7. The fourth-order valence-electron chi connectivity index (χ4n) is 3.59. The Morgan fingerprint density at radius 3 is 2.47 bits per heavy atom. The zero-order valence-corrected chi connectivity index (χ0v) is 11.7. The summed E-state index contributed by atoms with van der Waals surface area (Å²) < 4.78 is 5.50. The predicted molar refractivity (Wildman–Crippen MR) is 72.1 cm³/mol. The second-order valence-electron chi connectivity index (χ2n) is 6.38. The average Bonchev–Trinajstić information content (AvgIpc) is 2.83. The lowest BCUT2D eigenvalue weighted by molar-refractivity contribution is 0.157. The minimum absolute atomic E-state index is 0.627. The lowest BCUT2D eigenvalue weighted by atomic mass is 9.77. The third-order valence-corrected chi connectivity index (χ3v) is 4.82. The summed E-state index contributed by atoms with van der Waals surface area (Å²) in [7, 11) is 0. The Balaban J connectivity index is 1.86. The Kier molecular flexibility index (Phi) is 4.87. The standard InChI is InChI=1S/C15H29NO/c1-11(2)14-6-4-5-7-15(14)16-12(3)13-8-9-17-10-13/h11-16H,4-10H2,1-3H3. The van der Waals surface area contributed by atoms with Gasteiger partial charge in [-0.2, -0.15) is 0 Å². The van der Waals surface area contributed by atoms with Gasteiger partial charge in [-0.15, -0.1) is 0 Å². The van der Waals surface area contributed by atoms with Crippen molar-refractivity contribution in [2.45, 2.75) is 65.0 Å². The molecular formula is C15H29NO. The van der Waals surface area contributed by atoms with Crippen molar-refractivity contribution in [3.63, 3.8) is 0 Å². The van der Waals surface area contributed by atoms with E-state index in [-0.39, 0.29) is 0 Å². The third kappa shape index (κ3) is 3.45. The van der Waals surface area contributed by atoms with Gasteiger partial charge in [-0.3, -0.25) is 0 Å². The van der Waals surface area contributed by atoms with E-state index in [9.17, 15) is 0 Å². The molecule has 17 heavy (non-hydrogen) atoms. The summed E-state index contributed by atoms with van der Waals surface area (Å²) >= 11 is 0. The summed E-state index contributed by atoms with van der Waals surface area (Å²) in [4.78, 5) is 0. The zero-order chi connectivity index (χ0) is 12.3. The van der Waals surface area contributed by atoms with Crippen molar-refractivity contribution in [1.29, 1.82) is 0 Å². The topological polar surface area (TPSA) is 21.3 Å². The van der Waals surface area contributed by atoms with Gasteiger partial charge in [0.25, 0.3) is 0 Å². The lowest BCUT2D eigenvalue weighted by Crippen LogP contribution is -2.47. The van der Waals surface area contributed by atoms with Crippen molar-refractivity contribution in [1.82, 2.24) is 5.32 Å². The normalized spacial score (nSPS) is 36.4. The van der Waals surface area contributed by atoms with Crippen LogP contribution in [0.2, 0.25) is 0 Å². The molecule has 0 bridgehead atoms. The van der Waals surface area contributed by atoms with Gasteiger partial charge in [0, 0.05) is 18.7 Å². The molecule has 0 aromatic heterocycles. The second-order valence-corrected chi connectivity index (χ2v) is 6.38. The smallest absolute Gasteiger partial charge is 0.0509 e. The highest BCUT2D eigenvalue weighted by Gasteiger charge is 2.31. The molecule has 100 valence electrons. The monoisotopic (exact) mass is 239 g/mol. The molecule has 2 heteroatoms. The Bertz CT molecular complexity index is 223. The summed E-state index contributed by atoms with van der Waals surface area (Å²) in [6, 6.07) is 1.38.